The molecule has 0 unspecified atom stereocenters. The van der Waals surface area contributed by atoms with Crippen molar-refractivity contribution in [1.29, 1.82) is 0 Å². The van der Waals surface area contributed by atoms with Gasteiger partial charge < -0.3 is 5.73 Å². The summed E-state index contributed by atoms with van der Waals surface area (Å²) in [6.45, 7) is 0. The Morgan fingerprint density at radius 2 is 1.59 bits per heavy atom. The Balaban J connectivity index is 2.01. The third kappa shape index (κ3) is 1.92. The monoisotopic (exact) mass is 287 g/mol. The van der Waals surface area contributed by atoms with Crippen LogP contribution in [0.15, 0.2) is 53.0 Å². The minimum Gasteiger partial charge on any atom is -0.321 e. The Labute approximate surface area is 110 Å². The standard InChI is InChI=1S/C15H14BrN/c16-14-7-3-6-13(8-14)15(17)9-11-4-1-2-5-12(11)10-15/h1-8H,9-10,17H2. The molecule has 0 aliphatic heterocycles. The van der Waals surface area contributed by atoms with Crippen LogP contribution in [0, 0.1) is 0 Å². The van der Waals surface area contributed by atoms with Crippen molar-refractivity contribution in [2.24, 2.45) is 5.73 Å². The number of benzene rings is 2. The Bertz CT molecular complexity index is 537. The summed E-state index contributed by atoms with van der Waals surface area (Å²) in [5.41, 5.74) is 10.3. The van der Waals surface area contributed by atoms with E-state index in [1.54, 1.807) is 0 Å². The predicted octanol–water partition coefficient (Wildman–Crippen LogP) is 3.40. The van der Waals surface area contributed by atoms with Crippen molar-refractivity contribution >= 4 is 15.9 Å². The zero-order chi connectivity index (χ0) is 11.9. The van der Waals surface area contributed by atoms with Crippen LogP contribution in [0.4, 0.5) is 0 Å². The molecule has 0 saturated heterocycles. The summed E-state index contributed by atoms with van der Waals surface area (Å²) in [6, 6.07) is 16.9. The van der Waals surface area contributed by atoms with Gasteiger partial charge in [-0.15, -0.1) is 0 Å². The molecule has 0 heterocycles. The van der Waals surface area contributed by atoms with E-state index in [2.05, 4.69) is 58.4 Å². The molecule has 17 heavy (non-hydrogen) atoms. The topological polar surface area (TPSA) is 26.0 Å². The van der Waals surface area contributed by atoms with Crippen LogP contribution < -0.4 is 5.73 Å². The molecule has 0 aromatic heterocycles. The molecule has 3 rings (SSSR count). The van der Waals surface area contributed by atoms with Gasteiger partial charge in [0, 0.05) is 10.0 Å². The van der Waals surface area contributed by atoms with Crippen LogP contribution in [0.3, 0.4) is 0 Å². The summed E-state index contributed by atoms with van der Waals surface area (Å²) < 4.78 is 1.09. The quantitative estimate of drug-likeness (QED) is 0.855. The van der Waals surface area contributed by atoms with E-state index in [1.807, 2.05) is 6.07 Å². The summed E-state index contributed by atoms with van der Waals surface area (Å²) in [5, 5.41) is 0. The van der Waals surface area contributed by atoms with Gasteiger partial charge in [-0.3, -0.25) is 0 Å². The molecule has 0 spiro atoms. The van der Waals surface area contributed by atoms with E-state index in [4.69, 9.17) is 5.73 Å². The van der Waals surface area contributed by atoms with E-state index >= 15 is 0 Å². The lowest BCUT2D eigenvalue weighted by Crippen LogP contribution is -2.37. The van der Waals surface area contributed by atoms with Gasteiger partial charge >= 0.3 is 0 Å². The van der Waals surface area contributed by atoms with Crippen LogP contribution in [0.5, 0.6) is 0 Å². The van der Waals surface area contributed by atoms with Gasteiger partial charge in [0.25, 0.3) is 0 Å². The lowest BCUT2D eigenvalue weighted by atomic mass is 9.88. The molecule has 86 valence electrons. The molecule has 2 N–H and O–H groups in total. The van der Waals surface area contributed by atoms with Crippen molar-refractivity contribution in [2.75, 3.05) is 0 Å². The van der Waals surface area contributed by atoms with E-state index in [0.717, 1.165) is 17.3 Å². The molecule has 1 nitrogen and oxygen atoms in total. The highest BCUT2D eigenvalue weighted by Gasteiger charge is 2.34. The number of hydrogen-bond acceptors (Lipinski definition) is 1. The van der Waals surface area contributed by atoms with Crippen LogP contribution in [0.25, 0.3) is 0 Å². The Morgan fingerprint density at radius 1 is 0.941 bits per heavy atom. The van der Waals surface area contributed by atoms with Crippen LogP contribution in [0.1, 0.15) is 16.7 Å². The van der Waals surface area contributed by atoms with Crippen LogP contribution in [0.2, 0.25) is 0 Å². The molecule has 1 aliphatic carbocycles. The molecule has 0 fully saturated rings. The third-order valence-electron chi connectivity index (χ3n) is 3.53. The number of hydrogen-bond donors (Lipinski definition) is 1. The third-order valence-corrected chi connectivity index (χ3v) is 4.02. The van der Waals surface area contributed by atoms with Crippen LogP contribution in [-0.2, 0) is 18.4 Å². The number of rotatable bonds is 1. The van der Waals surface area contributed by atoms with Gasteiger partial charge in [0.2, 0.25) is 0 Å². The fourth-order valence-electron chi connectivity index (χ4n) is 2.65. The minimum atomic E-state index is -0.243. The molecular formula is C15H14BrN. The highest BCUT2D eigenvalue weighted by Crippen LogP contribution is 2.36. The summed E-state index contributed by atoms with van der Waals surface area (Å²) in [6.07, 6.45) is 1.86. The van der Waals surface area contributed by atoms with Gasteiger partial charge in [-0.2, -0.15) is 0 Å². The minimum absolute atomic E-state index is 0.243. The zero-order valence-corrected chi connectivity index (χ0v) is 11.1. The number of halogens is 1. The van der Waals surface area contributed by atoms with Gasteiger partial charge in [0.15, 0.2) is 0 Å². The van der Waals surface area contributed by atoms with Crippen molar-refractivity contribution in [3.05, 3.63) is 69.7 Å². The van der Waals surface area contributed by atoms with E-state index < -0.39 is 0 Å². The zero-order valence-electron chi connectivity index (χ0n) is 9.49. The van der Waals surface area contributed by atoms with E-state index in [0.29, 0.717) is 0 Å². The molecule has 2 aromatic rings. The Morgan fingerprint density at radius 3 is 2.18 bits per heavy atom. The fraction of sp³-hybridized carbons (Fsp3) is 0.200. The molecule has 2 aromatic carbocycles. The number of fused-ring (bicyclic) bond motifs is 1. The SMILES string of the molecule is NC1(c2cccc(Br)c2)Cc2ccccc2C1. The average molecular weight is 288 g/mol. The van der Waals surface area contributed by atoms with Crippen molar-refractivity contribution < 1.29 is 0 Å². The van der Waals surface area contributed by atoms with Gasteiger partial charge in [-0.25, -0.2) is 0 Å². The predicted molar refractivity (Wildman–Crippen MR) is 73.9 cm³/mol. The van der Waals surface area contributed by atoms with E-state index in [-0.39, 0.29) is 5.54 Å². The molecule has 0 atom stereocenters. The first-order valence-electron chi connectivity index (χ1n) is 5.79. The molecule has 0 radical (unpaired) electrons. The highest BCUT2D eigenvalue weighted by atomic mass is 79.9. The second kappa shape index (κ2) is 3.97. The maximum atomic E-state index is 6.58. The highest BCUT2D eigenvalue weighted by molar-refractivity contribution is 9.10. The summed E-state index contributed by atoms with van der Waals surface area (Å²) in [5.74, 6) is 0. The number of nitrogens with two attached hydrogens (primary N) is 1. The van der Waals surface area contributed by atoms with Crippen molar-refractivity contribution in [2.45, 2.75) is 18.4 Å². The summed E-state index contributed by atoms with van der Waals surface area (Å²) in [4.78, 5) is 0. The molecule has 2 heteroatoms. The lowest BCUT2D eigenvalue weighted by molar-refractivity contribution is 0.473. The maximum absolute atomic E-state index is 6.58. The molecule has 0 amide bonds. The molecular weight excluding hydrogens is 274 g/mol. The van der Waals surface area contributed by atoms with Crippen molar-refractivity contribution in [1.82, 2.24) is 0 Å². The first-order chi connectivity index (χ1) is 8.17. The normalized spacial score (nSPS) is 16.8. The smallest absolute Gasteiger partial charge is 0.0491 e. The van der Waals surface area contributed by atoms with Gasteiger partial charge in [-0.1, -0.05) is 52.3 Å². The van der Waals surface area contributed by atoms with Crippen molar-refractivity contribution in [3.63, 3.8) is 0 Å². The van der Waals surface area contributed by atoms with Gasteiger partial charge in [0.05, 0.1) is 0 Å². The van der Waals surface area contributed by atoms with Crippen molar-refractivity contribution in [3.8, 4) is 0 Å². The second-order valence-electron chi connectivity index (χ2n) is 4.79. The molecule has 0 saturated carbocycles. The largest absolute Gasteiger partial charge is 0.321 e. The first kappa shape index (κ1) is 11.0. The van der Waals surface area contributed by atoms with Crippen LogP contribution in [-0.4, -0.2) is 0 Å². The Hall–Kier alpha value is -1.12. The summed E-state index contributed by atoms with van der Waals surface area (Å²) in [7, 11) is 0. The lowest BCUT2D eigenvalue weighted by Gasteiger charge is -2.24. The first-order valence-corrected chi connectivity index (χ1v) is 6.58. The van der Waals surface area contributed by atoms with Gasteiger partial charge in [-0.05, 0) is 41.7 Å². The maximum Gasteiger partial charge on any atom is 0.0491 e. The molecule has 1 aliphatic rings. The summed E-state index contributed by atoms with van der Waals surface area (Å²) >= 11 is 3.51. The van der Waals surface area contributed by atoms with E-state index in [9.17, 15) is 0 Å². The molecule has 0 bridgehead atoms. The average Bonchev–Trinajstić information content (AvgIpc) is 2.66. The van der Waals surface area contributed by atoms with Gasteiger partial charge in [0.1, 0.15) is 0 Å². The Kier molecular flexibility index (Phi) is 2.57. The second-order valence-corrected chi connectivity index (χ2v) is 5.70. The van der Waals surface area contributed by atoms with E-state index in [1.165, 1.54) is 16.7 Å². The fourth-order valence-corrected chi connectivity index (χ4v) is 3.05. The van der Waals surface area contributed by atoms with Crippen LogP contribution >= 0.6 is 15.9 Å².